The maximum atomic E-state index is 12.9. The number of carbonyl (C=O) groups excluding carboxylic acids is 2. The molecule has 7 atom stereocenters. The number of hydrogen-bond donors (Lipinski definition) is 7. The minimum Gasteiger partial charge on any atom is -0.457 e. The van der Waals surface area contributed by atoms with Crippen molar-refractivity contribution in [1.29, 1.82) is 0 Å². The quantitative estimate of drug-likeness (QED) is 0.0370. The zero-order valence-electron chi connectivity index (χ0n) is 28.0. The highest BCUT2D eigenvalue weighted by Gasteiger charge is 2.51. The molecule has 13 nitrogen and oxygen atoms in total. The lowest BCUT2D eigenvalue weighted by Gasteiger charge is -2.43. The molecule has 0 radical (unpaired) electrons. The lowest BCUT2D eigenvalue weighted by Crippen LogP contribution is -2.65. The van der Waals surface area contributed by atoms with E-state index in [1.54, 1.807) is 0 Å². The van der Waals surface area contributed by atoms with E-state index in [2.05, 4.69) is 19.2 Å². The van der Waals surface area contributed by atoms with Gasteiger partial charge in [-0.3, -0.25) is 14.1 Å². The lowest BCUT2D eigenvalue weighted by molar-refractivity contribution is -0.256. The first-order valence-electron chi connectivity index (χ1n) is 17.4. The van der Waals surface area contributed by atoms with Gasteiger partial charge in [0.25, 0.3) is 0 Å². The molecule has 0 spiro atoms. The molecule has 1 aliphatic rings. The van der Waals surface area contributed by atoms with Gasteiger partial charge >= 0.3 is 13.8 Å². The third-order valence-corrected chi connectivity index (χ3v) is 8.82. The van der Waals surface area contributed by atoms with E-state index in [9.17, 15) is 44.4 Å². The van der Waals surface area contributed by atoms with Crippen LogP contribution in [-0.4, -0.2) is 91.5 Å². The average Bonchev–Trinajstić information content (AvgIpc) is 2.98. The van der Waals surface area contributed by atoms with Crippen molar-refractivity contribution in [2.24, 2.45) is 0 Å². The van der Waals surface area contributed by atoms with E-state index in [4.69, 9.17) is 14.0 Å². The Labute approximate surface area is 275 Å². The summed E-state index contributed by atoms with van der Waals surface area (Å²) in [5.41, 5.74) is 0. The fourth-order valence-corrected chi connectivity index (χ4v) is 6.30. The second-order valence-corrected chi connectivity index (χ2v) is 13.8. The van der Waals surface area contributed by atoms with Crippen LogP contribution in [0.15, 0.2) is 0 Å². The van der Waals surface area contributed by atoms with Crippen LogP contribution in [0.4, 0.5) is 0 Å². The van der Waals surface area contributed by atoms with Crippen LogP contribution < -0.4 is 5.32 Å². The van der Waals surface area contributed by atoms with Crippen LogP contribution in [0, 0.1) is 0 Å². The topological polar surface area (TPSA) is 212 Å². The van der Waals surface area contributed by atoms with Crippen LogP contribution >= 0.6 is 7.82 Å². The molecule has 0 aliphatic carbocycles. The molecule has 0 aromatic carbocycles. The molecule has 1 amide bonds. The monoisotopic (exact) mass is 683 g/mol. The zero-order valence-corrected chi connectivity index (χ0v) is 28.9. The minimum atomic E-state index is -5.22. The Hall–Kier alpha value is -1.15. The lowest BCUT2D eigenvalue weighted by atomic mass is 9.96. The normalized spacial score (nSPS) is 23.2. The molecular weight excluding hydrogens is 621 g/mol. The van der Waals surface area contributed by atoms with Gasteiger partial charge in [-0.05, 0) is 12.8 Å². The van der Waals surface area contributed by atoms with Crippen LogP contribution in [-0.2, 0) is 28.2 Å². The molecule has 1 saturated heterocycles. The zero-order chi connectivity index (χ0) is 34.4. The number of hydrogen-bond acceptors (Lipinski definition) is 10. The van der Waals surface area contributed by atoms with Crippen LogP contribution in [0.5, 0.6) is 0 Å². The number of phosphoric ester groups is 1. The van der Waals surface area contributed by atoms with Crippen molar-refractivity contribution < 1.29 is 58.4 Å². The smallest absolute Gasteiger partial charge is 0.457 e. The summed E-state index contributed by atoms with van der Waals surface area (Å²) in [4.78, 5) is 44.7. The van der Waals surface area contributed by atoms with Gasteiger partial charge in [0.2, 0.25) is 5.91 Å². The molecule has 0 aromatic rings. The number of ether oxygens (including phenoxy) is 2. The Balaban J connectivity index is 2.74. The van der Waals surface area contributed by atoms with Gasteiger partial charge in [-0.1, -0.05) is 117 Å². The van der Waals surface area contributed by atoms with Crippen LogP contribution in [0.25, 0.3) is 0 Å². The van der Waals surface area contributed by atoms with E-state index in [0.717, 1.165) is 51.4 Å². The standard InChI is InChI=1S/C32H62NO12P/c1-3-5-7-9-11-12-14-16-18-20-25(36)22-28(38)44-31-29(32(39)43-26(23-34)30(31)45-46(40,41)42)33-27(37)21-24(35)19-17-15-13-10-8-6-4-2/h24-26,29-32,34-36,39H,3-23H2,1-2H3,(H,33,37)(H2,40,41,42)/t24-,25-,26-,29-,30-,31-,32-/m1/s1. The van der Waals surface area contributed by atoms with Gasteiger partial charge in [0.1, 0.15) is 18.2 Å². The number of rotatable bonds is 27. The fourth-order valence-electron chi connectivity index (χ4n) is 5.73. The van der Waals surface area contributed by atoms with Gasteiger partial charge in [0.15, 0.2) is 12.4 Å². The third-order valence-electron chi connectivity index (χ3n) is 8.30. The molecular formula is C32H62NO12P. The van der Waals surface area contributed by atoms with E-state index in [0.29, 0.717) is 19.3 Å². The van der Waals surface area contributed by atoms with Crippen molar-refractivity contribution in [2.45, 2.75) is 185 Å². The van der Waals surface area contributed by atoms with Gasteiger partial charge in [-0.25, -0.2) is 4.57 Å². The Kier molecular flexibility index (Phi) is 23.2. The first-order chi connectivity index (χ1) is 21.9. The summed E-state index contributed by atoms with van der Waals surface area (Å²) in [6.45, 7) is 3.47. The summed E-state index contributed by atoms with van der Waals surface area (Å²) in [6, 6.07) is -1.55. The van der Waals surface area contributed by atoms with Gasteiger partial charge in [-0.15, -0.1) is 0 Å². The van der Waals surface area contributed by atoms with E-state index in [-0.39, 0.29) is 6.42 Å². The van der Waals surface area contributed by atoms with E-state index in [1.807, 2.05) is 0 Å². The minimum absolute atomic E-state index is 0.329. The Morgan fingerprint density at radius 2 is 1.22 bits per heavy atom. The van der Waals surface area contributed by atoms with E-state index in [1.165, 1.54) is 44.9 Å². The van der Waals surface area contributed by atoms with E-state index >= 15 is 0 Å². The molecule has 1 heterocycles. The SMILES string of the molecule is CCCCCCCCCCC[C@@H](O)CC(=O)O[C@@H]1[C@@H](NC(=O)C[C@H](O)CCCCCCCCC)[C@H](O)O[C@H](CO)[C@H]1OP(=O)(O)O. The largest absolute Gasteiger partial charge is 0.470 e. The third kappa shape index (κ3) is 19.6. The molecule has 1 rings (SSSR count). The first kappa shape index (κ1) is 42.9. The summed E-state index contributed by atoms with van der Waals surface area (Å²) in [5.74, 6) is -1.66. The molecule has 0 aromatic heterocycles. The van der Waals surface area contributed by atoms with Crippen molar-refractivity contribution >= 4 is 19.7 Å². The van der Waals surface area contributed by atoms with Gasteiger partial charge in [0.05, 0.1) is 31.7 Å². The Morgan fingerprint density at radius 1 is 0.761 bits per heavy atom. The highest BCUT2D eigenvalue weighted by molar-refractivity contribution is 7.46. The summed E-state index contributed by atoms with van der Waals surface area (Å²) in [7, 11) is -5.22. The maximum Gasteiger partial charge on any atom is 0.470 e. The first-order valence-corrected chi connectivity index (χ1v) is 19.0. The fraction of sp³-hybridized carbons (Fsp3) is 0.938. The second kappa shape index (κ2) is 24.9. The van der Waals surface area contributed by atoms with Gasteiger partial charge in [0, 0.05) is 0 Å². The molecule has 46 heavy (non-hydrogen) atoms. The summed E-state index contributed by atoms with van der Waals surface area (Å²) < 4.78 is 27.3. The van der Waals surface area contributed by atoms with Crippen molar-refractivity contribution in [3.63, 3.8) is 0 Å². The number of esters is 1. The number of phosphoric acid groups is 1. The number of carbonyl (C=O) groups is 2. The predicted octanol–water partition coefficient (Wildman–Crippen LogP) is 4.13. The molecule has 1 aliphatic heterocycles. The summed E-state index contributed by atoms with van der Waals surface area (Å²) >= 11 is 0. The number of nitrogens with one attached hydrogen (secondary N) is 1. The molecule has 272 valence electrons. The van der Waals surface area contributed by atoms with Crippen molar-refractivity contribution in [3.05, 3.63) is 0 Å². The highest BCUT2D eigenvalue weighted by atomic mass is 31.2. The Bertz CT molecular complexity index is 859. The molecule has 1 fully saturated rings. The van der Waals surface area contributed by atoms with Crippen molar-refractivity contribution in [1.82, 2.24) is 5.32 Å². The van der Waals surface area contributed by atoms with Gasteiger partial charge < -0.3 is 45.0 Å². The molecule has 14 heteroatoms. The molecule has 7 N–H and O–H groups in total. The van der Waals surface area contributed by atoms with Crippen molar-refractivity contribution in [3.8, 4) is 0 Å². The Morgan fingerprint density at radius 3 is 1.67 bits per heavy atom. The summed E-state index contributed by atoms with van der Waals surface area (Å²) in [5, 5.41) is 43.7. The number of amides is 1. The molecule has 0 unspecified atom stereocenters. The maximum absolute atomic E-state index is 12.9. The van der Waals surface area contributed by atoms with Crippen LogP contribution in [0.3, 0.4) is 0 Å². The molecule has 0 saturated carbocycles. The second-order valence-electron chi connectivity index (χ2n) is 12.6. The molecule has 0 bridgehead atoms. The number of aliphatic hydroxyl groups excluding tert-OH is 4. The predicted molar refractivity (Wildman–Crippen MR) is 172 cm³/mol. The van der Waals surface area contributed by atoms with Crippen LogP contribution in [0.2, 0.25) is 0 Å². The summed E-state index contributed by atoms with van der Waals surface area (Å²) in [6.07, 6.45) is 8.31. The van der Waals surface area contributed by atoms with Crippen molar-refractivity contribution in [2.75, 3.05) is 6.61 Å². The number of aliphatic hydroxyl groups is 4. The van der Waals surface area contributed by atoms with E-state index < -0.39 is 75.6 Å². The highest BCUT2D eigenvalue weighted by Crippen LogP contribution is 2.42. The average molecular weight is 684 g/mol. The number of unbranched alkanes of at least 4 members (excludes halogenated alkanes) is 14. The van der Waals surface area contributed by atoms with Crippen LogP contribution in [0.1, 0.15) is 142 Å². The van der Waals surface area contributed by atoms with Gasteiger partial charge in [-0.2, -0.15) is 0 Å².